The average Bonchev–Trinajstić information content (AvgIpc) is 2.99. The molecule has 0 unspecified atom stereocenters. The Balaban J connectivity index is 1.48. The fourth-order valence-corrected chi connectivity index (χ4v) is 7.31. The van der Waals surface area contributed by atoms with E-state index in [0.717, 1.165) is 34.6 Å². The van der Waals surface area contributed by atoms with E-state index in [9.17, 15) is 4.79 Å². The summed E-state index contributed by atoms with van der Waals surface area (Å²) in [6.07, 6.45) is 7.60. The molecule has 0 amide bonds. The molecule has 4 bridgehead atoms. The van der Waals surface area contributed by atoms with Gasteiger partial charge in [-0.15, -0.1) is 0 Å². The van der Waals surface area contributed by atoms with Crippen molar-refractivity contribution >= 4 is 5.97 Å². The van der Waals surface area contributed by atoms with E-state index in [0.29, 0.717) is 37.7 Å². The van der Waals surface area contributed by atoms with Gasteiger partial charge in [0.05, 0.1) is 44.7 Å². The second kappa shape index (κ2) is 14.4. The molecule has 0 atom stereocenters. The number of hydrogen-bond donors (Lipinski definition) is 0. The number of carbonyl (C=O) groups excluding carboxylic acids is 1. The van der Waals surface area contributed by atoms with Crippen molar-refractivity contribution in [1.82, 2.24) is 0 Å². The molecule has 4 aliphatic rings. The van der Waals surface area contributed by atoms with Crippen LogP contribution < -0.4 is 9.47 Å². The van der Waals surface area contributed by atoms with Crippen LogP contribution in [0.2, 0.25) is 0 Å². The molecule has 0 heterocycles. The zero-order chi connectivity index (χ0) is 29.4. The first-order valence-electron chi connectivity index (χ1n) is 14.8. The van der Waals surface area contributed by atoms with Crippen molar-refractivity contribution in [3.05, 3.63) is 58.7 Å². The predicted molar refractivity (Wildman–Crippen MR) is 157 cm³/mol. The van der Waals surface area contributed by atoms with Gasteiger partial charge in [-0.3, -0.25) is 0 Å². The number of rotatable bonds is 14. The zero-order valence-corrected chi connectivity index (χ0v) is 24.9. The molecule has 226 valence electrons. The summed E-state index contributed by atoms with van der Waals surface area (Å²) in [6.45, 7) is 2.06. The average molecular weight is 579 g/mol. The van der Waals surface area contributed by atoms with Crippen molar-refractivity contribution in [2.24, 2.45) is 17.8 Å². The summed E-state index contributed by atoms with van der Waals surface area (Å²) in [5, 5.41) is 0. The van der Waals surface area contributed by atoms with Crippen LogP contribution in [0.15, 0.2) is 36.4 Å². The van der Waals surface area contributed by atoms with Crippen LogP contribution >= 0.6 is 0 Å². The van der Waals surface area contributed by atoms with Crippen LogP contribution in [-0.4, -0.2) is 67.3 Å². The van der Waals surface area contributed by atoms with Gasteiger partial charge in [0.2, 0.25) is 0 Å². The molecule has 4 aliphatic carbocycles. The van der Waals surface area contributed by atoms with Crippen LogP contribution in [0.3, 0.4) is 0 Å². The molecule has 4 fully saturated rings. The summed E-state index contributed by atoms with van der Waals surface area (Å²) in [6, 6.07) is 11.2. The first kappa shape index (κ1) is 30.4. The molecule has 8 heteroatoms. The molecule has 0 radical (unpaired) electrons. The van der Waals surface area contributed by atoms with Gasteiger partial charge in [0.1, 0.15) is 11.5 Å². The number of benzene rings is 2. The van der Waals surface area contributed by atoms with Crippen LogP contribution in [0, 0.1) is 29.6 Å². The minimum absolute atomic E-state index is 0.0619. The van der Waals surface area contributed by atoms with E-state index in [1.807, 2.05) is 18.2 Å². The van der Waals surface area contributed by atoms with Gasteiger partial charge in [-0.25, -0.2) is 4.79 Å². The van der Waals surface area contributed by atoms with Crippen molar-refractivity contribution in [2.45, 2.75) is 43.9 Å². The minimum atomic E-state index is -0.374. The zero-order valence-electron chi connectivity index (χ0n) is 24.9. The molecule has 0 aromatic heterocycles. The molecule has 2 aromatic carbocycles. The molecule has 6 rings (SSSR count). The first-order valence-corrected chi connectivity index (χ1v) is 14.8. The van der Waals surface area contributed by atoms with Gasteiger partial charge in [0.25, 0.3) is 0 Å². The topological polar surface area (TPSA) is 81.7 Å². The molecule has 0 saturated heterocycles. The van der Waals surface area contributed by atoms with Gasteiger partial charge in [-0.1, -0.05) is 11.8 Å². The van der Waals surface area contributed by atoms with Gasteiger partial charge < -0.3 is 33.2 Å². The summed E-state index contributed by atoms with van der Waals surface area (Å²) in [4.78, 5) is 11.9. The van der Waals surface area contributed by atoms with Gasteiger partial charge in [-0.2, -0.15) is 0 Å². The molecule has 8 nitrogen and oxygen atoms in total. The lowest BCUT2D eigenvalue weighted by Gasteiger charge is -2.57. The van der Waals surface area contributed by atoms with Crippen LogP contribution in [0.25, 0.3) is 0 Å². The molecular weight excluding hydrogens is 536 g/mol. The van der Waals surface area contributed by atoms with Gasteiger partial charge in [0, 0.05) is 31.4 Å². The summed E-state index contributed by atoms with van der Waals surface area (Å²) in [7, 11) is 4.66. The van der Waals surface area contributed by atoms with Crippen molar-refractivity contribution < 1.29 is 38.0 Å². The van der Waals surface area contributed by atoms with E-state index < -0.39 is 0 Å². The van der Waals surface area contributed by atoms with Crippen LogP contribution in [0.5, 0.6) is 11.5 Å². The molecule has 0 spiro atoms. The maximum absolute atomic E-state index is 11.9. The molecule has 42 heavy (non-hydrogen) atoms. The van der Waals surface area contributed by atoms with E-state index in [2.05, 4.69) is 17.9 Å². The Kier molecular flexibility index (Phi) is 10.4. The summed E-state index contributed by atoms with van der Waals surface area (Å²) in [5.74, 6) is 9.93. The Morgan fingerprint density at radius 2 is 1.33 bits per heavy atom. The molecule has 2 aromatic rings. The van der Waals surface area contributed by atoms with E-state index in [1.54, 1.807) is 26.4 Å². The van der Waals surface area contributed by atoms with E-state index in [4.69, 9.17) is 33.2 Å². The normalized spacial score (nSPS) is 23.7. The van der Waals surface area contributed by atoms with Gasteiger partial charge in [-0.05, 0) is 92.0 Å². The second-order valence-electron chi connectivity index (χ2n) is 11.7. The van der Waals surface area contributed by atoms with Crippen molar-refractivity contribution in [1.29, 1.82) is 0 Å². The highest BCUT2D eigenvalue weighted by Gasteiger charge is 2.52. The van der Waals surface area contributed by atoms with Crippen molar-refractivity contribution in [2.75, 3.05) is 61.3 Å². The van der Waals surface area contributed by atoms with Gasteiger partial charge >= 0.3 is 5.97 Å². The predicted octanol–water partition coefficient (Wildman–Crippen LogP) is 5.34. The van der Waals surface area contributed by atoms with Crippen molar-refractivity contribution in [3.8, 4) is 23.3 Å². The Labute approximate surface area is 248 Å². The van der Waals surface area contributed by atoms with Crippen LogP contribution in [0.4, 0.5) is 0 Å². The minimum Gasteiger partial charge on any atom is -0.467 e. The Bertz CT molecular complexity index is 1220. The van der Waals surface area contributed by atoms with E-state index in [1.165, 1.54) is 51.2 Å². The van der Waals surface area contributed by atoms with E-state index in [-0.39, 0.29) is 25.0 Å². The van der Waals surface area contributed by atoms with Crippen molar-refractivity contribution in [3.63, 3.8) is 0 Å². The summed E-state index contributed by atoms with van der Waals surface area (Å²) in [5.41, 5.74) is 3.32. The first-order chi connectivity index (χ1) is 20.5. The highest BCUT2D eigenvalue weighted by atomic mass is 16.7. The molecule has 0 N–H and O–H groups in total. The van der Waals surface area contributed by atoms with Crippen LogP contribution in [0.1, 0.15) is 65.6 Å². The standard InChI is InChI=1S/C34H42O8/c1-36-10-12-39-22-41-31-18-32(42-23-40-13-11-37-2)30(34-19-25-14-26(20-34)16-27(15-25)21-34)17-29(31)9-6-24-4-7-28(8-5-24)33(35)38-3/h4-5,7-8,17-18,25-27H,10-16,19-23H2,1-3H3. The maximum atomic E-state index is 11.9. The highest BCUT2D eigenvalue weighted by molar-refractivity contribution is 5.89. The third-order valence-corrected chi connectivity index (χ3v) is 8.80. The number of esters is 1. The molecular formula is C34H42O8. The lowest BCUT2D eigenvalue weighted by Crippen LogP contribution is -2.48. The fraction of sp³-hybridized carbons (Fsp3) is 0.559. The third-order valence-electron chi connectivity index (χ3n) is 8.80. The lowest BCUT2D eigenvalue weighted by atomic mass is 9.48. The Hall–Kier alpha value is -3.09. The largest absolute Gasteiger partial charge is 0.467 e. The summed E-state index contributed by atoms with van der Waals surface area (Å²) < 4.78 is 38.8. The molecule has 0 aliphatic heterocycles. The third kappa shape index (κ3) is 7.27. The van der Waals surface area contributed by atoms with E-state index >= 15 is 0 Å². The fourth-order valence-electron chi connectivity index (χ4n) is 7.31. The second-order valence-corrected chi connectivity index (χ2v) is 11.7. The smallest absolute Gasteiger partial charge is 0.337 e. The molecule has 4 saturated carbocycles. The SMILES string of the molecule is COCCOCOc1cc(OCOCCOC)c(C23CC4CC(CC(C4)C2)C3)cc1C#Cc1ccc(C(=O)OC)cc1. The number of ether oxygens (including phenoxy) is 7. The lowest BCUT2D eigenvalue weighted by molar-refractivity contribution is -0.0200. The number of carbonyl (C=O) groups is 1. The van der Waals surface area contributed by atoms with Crippen LogP contribution in [-0.2, 0) is 29.1 Å². The maximum Gasteiger partial charge on any atom is 0.337 e. The number of hydrogen-bond acceptors (Lipinski definition) is 8. The van der Waals surface area contributed by atoms with Gasteiger partial charge in [0.15, 0.2) is 13.6 Å². The summed E-state index contributed by atoms with van der Waals surface area (Å²) >= 11 is 0. The highest BCUT2D eigenvalue weighted by Crippen LogP contribution is 2.62. The monoisotopic (exact) mass is 578 g/mol. The quantitative estimate of drug-likeness (QED) is 0.129. The Morgan fingerprint density at radius 1 is 0.762 bits per heavy atom. The Morgan fingerprint density at radius 3 is 1.88 bits per heavy atom. The number of methoxy groups -OCH3 is 3.